The Bertz CT molecular complexity index is 1300. The van der Waals surface area contributed by atoms with Gasteiger partial charge in [-0.2, -0.15) is 13.2 Å². The minimum Gasteiger partial charge on any atom is -0.489 e. The van der Waals surface area contributed by atoms with Gasteiger partial charge in [0.2, 0.25) is 5.91 Å². The summed E-state index contributed by atoms with van der Waals surface area (Å²) in [6.45, 7) is 3.36. The SMILES string of the molecule is CC(=O)c1nc(-c2ccc(CC(CCO)c3c(C(N)=O)ccc(OC(C)C)c3Cl)cc2)cn1CC(F)(F)F. The molecule has 1 atom stereocenters. The molecule has 1 heterocycles. The molecule has 0 saturated heterocycles. The zero-order valence-electron chi connectivity index (χ0n) is 21.2. The Morgan fingerprint density at radius 1 is 1.16 bits per heavy atom. The van der Waals surface area contributed by atoms with Crippen molar-refractivity contribution in [1.29, 1.82) is 0 Å². The molecule has 3 rings (SSSR count). The Hall–Kier alpha value is -3.37. The molecule has 7 nitrogen and oxygen atoms in total. The number of primary amides is 1. The molecule has 0 aliphatic rings. The minimum absolute atomic E-state index is 0.160. The van der Waals surface area contributed by atoms with Crippen molar-refractivity contribution in [2.75, 3.05) is 6.61 Å². The van der Waals surface area contributed by atoms with Crippen molar-refractivity contribution in [3.05, 3.63) is 70.1 Å². The standard InChI is InChI=1S/C27H29ClF3N3O4/c1-15(2)38-22-9-8-20(25(32)37)23(24(22)28)19(10-11-35)12-17-4-6-18(7-5-17)21-13-34(14-27(29,30)31)26(33-21)16(3)36/h4-9,13,15,19,35H,10-12,14H2,1-3H3,(H2,32,37). The third-order valence-electron chi connectivity index (χ3n) is 5.83. The summed E-state index contributed by atoms with van der Waals surface area (Å²) in [4.78, 5) is 28.1. The van der Waals surface area contributed by atoms with Crippen molar-refractivity contribution in [3.63, 3.8) is 0 Å². The average molecular weight is 552 g/mol. The third-order valence-corrected chi connectivity index (χ3v) is 6.22. The van der Waals surface area contributed by atoms with E-state index in [4.69, 9.17) is 22.1 Å². The highest BCUT2D eigenvalue weighted by Crippen LogP contribution is 2.39. The molecule has 0 aliphatic carbocycles. The molecular weight excluding hydrogens is 523 g/mol. The van der Waals surface area contributed by atoms with Crippen molar-refractivity contribution in [1.82, 2.24) is 9.55 Å². The number of aromatic nitrogens is 2. The average Bonchev–Trinajstić information content (AvgIpc) is 3.22. The van der Waals surface area contributed by atoms with Crippen LogP contribution in [0.3, 0.4) is 0 Å². The van der Waals surface area contributed by atoms with Crippen molar-refractivity contribution >= 4 is 23.3 Å². The van der Waals surface area contributed by atoms with Gasteiger partial charge in [-0.05, 0) is 55.9 Å². The zero-order valence-corrected chi connectivity index (χ0v) is 21.9. The number of amides is 1. The normalized spacial score (nSPS) is 12.6. The van der Waals surface area contributed by atoms with E-state index in [-0.39, 0.29) is 47.2 Å². The van der Waals surface area contributed by atoms with Gasteiger partial charge < -0.3 is 20.1 Å². The van der Waals surface area contributed by atoms with E-state index < -0.39 is 24.4 Å². The van der Waals surface area contributed by atoms with Crippen molar-refractivity contribution in [3.8, 4) is 17.0 Å². The summed E-state index contributed by atoms with van der Waals surface area (Å²) in [5, 5.41) is 10.00. The quantitative estimate of drug-likeness (QED) is 0.303. The fourth-order valence-corrected chi connectivity index (χ4v) is 4.65. The van der Waals surface area contributed by atoms with Crippen LogP contribution in [0.1, 0.15) is 65.2 Å². The molecule has 1 unspecified atom stereocenters. The number of aliphatic hydroxyl groups excluding tert-OH is 1. The third kappa shape index (κ3) is 7.14. The number of Topliss-reactive ketones (excluding diaryl/α,β-unsaturated/α-hetero) is 1. The second-order valence-electron chi connectivity index (χ2n) is 9.23. The number of carbonyl (C=O) groups is 2. The maximum absolute atomic E-state index is 12.9. The van der Waals surface area contributed by atoms with Gasteiger partial charge in [0.25, 0.3) is 0 Å². The van der Waals surface area contributed by atoms with E-state index in [9.17, 15) is 27.9 Å². The van der Waals surface area contributed by atoms with Gasteiger partial charge in [0, 0.05) is 30.9 Å². The van der Waals surface area contributed by atoms with Crippen molar-refractivity contribution in [2.24, 2.45) is 5.73 Å². The molecule has 38 heavy (non-hydrogen) atoms. The number of ketones is 1. The number of alkyl halides is 3. The molecule has 0 radical (unpaired) electrons. The first-order chi connectivity index (χ1) is 17.8. The number of rotatable bonds is 11. The van der Waals surface area contributed by atoms with Crippen LogP contribution in [0.4, 0.5) is 13.2 Å². The van der Waals surface area contributed by atoms with E-state index >= 15 is 0 Å². The van der Waals surface area contributed by atoms with E-state index in [1.807, 2.05) is 13.8 Å². The molecule has 0 spiro atoms. The van der Waals surface area contributed by atoms with Gasteiger partial charge in [-0.3, -0.25) is 9.59 Å². The Balaban J connectivity index is 1.94. The summed E-state index contributed by atoms with van der Waals surface area (Å²) >= 11 is 6.66. The molecular formula is C27H29ClF3N3O4. The highest BCUT2D eigenvalue weighted by molar-refractivity contribution is 6.33. The van der Waals surface area contributed by atoms with Gasteiger partial charge in [-0.15, -0.1) is 0 Å². The molecule has 3 N–H and O–H groups in total. The van der Waals surface area contributed by atoms with E-state index in [2.05, 4.69) is 4.98 Å². The number of ether oxygens (including phenoxy) is 1. The molecule has 0 aliphatic heterocycles. The van der Waals surface area contributed by atoms with Gasteiger partial charge in [-0.1, -0.05) is 35.9 Å². The summed E-state index contributed by atoms with van der Waals surface area (Å²) in [6, 6.07) is 10.0. The number of imidazole rings is 1. The summed E-state index contributed by atoms with van der Waals surface area (Å²) < 4.78 is 45.4. The van der Waals surface area contributed by atoms with E-state index in [0.29, 0.717) is 23.3 Å². The molecule has 1 aromatic heterocycles. The number of nitrogens with zero attached hydrogens (tertiary/aromatic N) is 2. The highest BCUT2D eigenvalue weighted by Gasteiger charge is 2.30. The second kappa shape index (κ2) is 12.0. The Morgan fingerprint density at radius 2 is 1.82 bits per heavy atom. The lowest BCUT2D eigenvalue weighted by Crippen LogP contribution is -2.20. The molecule has 0 bridgehead atoms. The van der Waals surface area contributed by atoms with Gasteiger partial charge in [-0.25, -0.2) is 4.98 Å². The first-order valence-corrected chi connectivity index (χ1v) is 12.3. The van der Waals surface area contributed by atoms with E-state index in [1.54, 1.807) is 36.4 Å². The number of halogens is 4. The summed E-state index contributed by atoms with van der Waals surface area (Å²) in [7, 11) is 0. The first-order valence-electron chi connectivity index (χ1n) is 11.9. The fourth-order valence-electron chi connectivity index (χ4n) is 4.28. The molecule has 0 saturated carbocycles. The number of benzene rings is 2. The van der Waals surface area contributed by atoms with Gasteiger partial charge in [0.05, 0.1) is 16.8 Å². The summed E-state index contributed by atoms with van der Waals surface area (Å²) in [5.74, 6) is -1.49. The van der Waals surface area contributed by atoms with Gasteiger partial charge in [0.1, 0.15) is 12.3 Å². The number of hydrogen-bond acceptors (Lipinski definition) is 5. The van der Waals surface area contributed by atoms with Crippen LogP contribution < -0.4 is 10.5 Å². The summed E-state index contributed by atoms with van der Waals surface area (Å²) in [6.07, 6.45) is -2.79. The second-order valence-corrected chi connectivity index (χ2v) is 9.61. The monoisotopic (exact) mass is 551 g/mol. The first kappa shape index (κ1) is 29.2. The molecule has 1 amide bonds. The lowest BCUT2D eigenvalue weighted by atomic mass is 9.86. The maximum atomic E-state index is 12.9. The lowest BCUT2D eigenvalue weighted by Gasteiger charge is -2.23. The highest BCUT2D eigenvalue weighted by atomic mass is 35.5. The Morgan fingerprint density at radius 3 is 2.34 bits per heavy atom. The number of carbonyl (C=O) groups excluding carboxylic acids is 2. The van der Waals surface area contributed by atoms with Crippen LogP contribution in [0.2, 0.25) is 5.02 Å². The van der Waals surface area contributed by atoms with E-state index in [0.717, 1.165) is 17.1 Å². The molecule has 2 aromatic carbocycles. The van der Waals surface area contributed by atoms with Crippen LogP contribution in [0.5, 0.6) is 5.75 Å². The maximum Gasteiger partial charge on any atom is 0.406 e. The van der Waals surface area contributed by atoms with Crippen molar-refractivity contribution < 1.29 is 32.6 Å². The molecule has 0 fully saturated rings. The fraction of sp³-hybridized carbons (Fsp3) is 0.370. The van der Waals surface area contributed by atoms with Crippen LogP contribution in [0.15, 0.2) is 42.6 Å². The van der Waals surface area contributed by atoms with Crippen LogP contribution in [0, 0.1) is 0 Å². The predicted molar refractivity (Wildman–Crippen MR) is 138 cm³/mol. The van der Waals surface area contributed by atoms with Gasteiger partial charge in [0.15, 0.2) is 11.6 Å². The summed E-state index contributed by atoms with van der Waals surface area (Å²) in [5.41, 5.74) is 7.90. The Labute approximate surface area is 223 Å². The number of nitrogens with two attached hydrogens (primary N) is 1. The van der Waals surface area contributed by atoms with Crippen LogP contribution in [0.25, 0.3) is 11.3 Å². The van der Waals surface area contributed by atoms with Crippen LogP contribution >= 0.6 is 11.6 Å². The predicted octanol–water partition coefficient (Wildman–Crippen LogP) is 5.56. The van der Waals surface area contributed by atoms with E-state index in [1.165, 1.54) is 6.20 Å². The Kier molecular flexibility index (Phi) is 9.22. The molecule has 204 valence electrons. The zero-order chi connectivity index (χ0) is 28.2. The number of aliphatic hydroxyl groups is 1. The van der Waals surface area contributed by atoms with Gasteiger partial charge >= 0.3 is 6.18 Å². The topological polar surface area (TPSA) is 107 Å². The van der Waals surface area contributed by atoms with Crippen molar-refractivity contribution in [2.45, 2.75) is 58.4 Å². The number of hydrogen-bond donors (Lipinski definition) is 2. The smallest absolute Gasteiger partial charge is 0.406 e. The molecule has 3 aromatic rings. The lowest BCUT2D eigenvalue weighted by molar-refractivity contribution is -0.140. The molecule has 11 heteroatoms. The minimum atomic E-state index is -4.50. The van der Waals surface area contributed by atoms with Crippen LogP contribution in [-0.4, -0.2) is 45.2 Å². The van der Waals surface area contributed by atoms with Crippen LogP contribution in [-0.2, 0) is 13.0 Å². The largest absolute Gasteiger partial charge is 0.489 e.